The lowest BCUT2D eigenvalue weighted by atomic mass is 9.65. The number of hydrogen-bond donors (Lipinski definition) is 1. The van der Waals surface area contributed by atoms with Crippen LogP contribution in [0, 0.1) is 22.7 Å². The molecule has 0 amide bonds. The van der Waals surface area contributed by atoms with E-state index in [2.05, 4.69) is 27.7 Å². The van der Waals surface area contributed by atoms with Crippen molar-refractivity contribution >= 4 is 0 Å². The van der Waals surface area contributed by atoms with E-state index in [1.165, 1.54) is 19.3 Å². The van der Waals surface area contributed by atoms with Crippen LogP contribution in [0.1, 0.15) is 47.0 Å². The van der Waals surface area contributed by atoms with Crippen LogP contribution in [0.2, 0.25) is 0 Å². The molecule has 0 unspecified atom stereocenters. The van der Waals surface area contributed by atoms with E-state index in [1.54, 1.807) is 0 Å². The molecule has 0 radical (unpaired) electrons. The maximum atomic E-state index is 6.09. The third-order valence-corrected chi connectivity index (χ3v) is 5.50. The van der Waals surface area contributed by atoms with E-state index < -0.39 is 0 Å². The van der Waals surface area contributed by atoms with Crippen molar-refractivity contribution in [2.45, 2.75) is 53.0 Å². The third-order valence-electron chi connectivity index (χ3n) is 5.50. The van der Waals surface area contributed by atoms with E-state index >= 15 is 0 Å². The van der Waals surface area contributed by atoms with Crippen LogP contribution in [-0.4, -0.2) is 6.04 Å². The van der Waals surface area contributed by atoms with E-state index in [4.69, 9.17) is 5.73 Å². The Hall–Kier alpha value is -0.0400. The number of hydrogen-bond acceptors (Lipinski definition) is 1. The van der Waals surface area contributed by atoms with Crippen molar-refractivity contribution in [3.05, 3.63) is 0 Å². The molecule has 0 aromatic carbocycles. The molecule has 13 heavy (non-hydrogen) atoms. The lowest BCUT2D eigenvalue weighted by molar-refractivity contribution is 0.0911. The summed E-state index contributed by atoms with van der Waals surface area (Å²) in [6, 6.07) is 0.384. The number of nitrogens with two attached hydrogens (primary N) is 1. The number of fused-ring (bicyclic) bond motifs is 2. The molecule has 2 bridgehead atoms. The lowest BCUT2D eigenvalue weighted by Gasteiger charge is -2.41. The predicted octanol–water partition coefficient (Wildman–Crippen LogP) is 2.80. The van der Waals surface area contributed by atoms with E-state index in [0.717, 1.165) is 11.8 Å². The maximum absolute atomic E-state index is 6.09. The van der Waals surface area contributed by atoms with Gasteiger partial charge in [-0.2, -0.15) is 0 Å². The van der Waals surface area contributed by atoms with Crippen LogP contribution in [0.3, 0.4) is 0 Å². The van der Waals surface area contributed by atoms with Gasteiger partial charge in [-0.25, -0.2) is 0 Å². The van der Waals surface area contributed by atoms with Crippen molar-refractivity contribution in [2.24, 2.45) is 28.4 Å². The Bertz CT molecular complexity index is 219. The van der Waals surface area contributed by atoms with Gasteiger partial charge in [-0.3, -0.25) is 0 Å². The molecule has 0 saturated heterocycles. The standard InChI is InChI=1S/C12H23N/c1-8(13)10-7-9-5-6-12(10,4)11(9,2)3/h8-10H,5-7,13H2,1-4H3/t8-,9+,10-,12+/m0/s1. The fraction of sp³-hybridized carbons (Fsp3) is 1.00. The predicted molar refractivity (Wildman–Crippen MR) is 56.4 cm³/mol. The maximum Gasteiger partial charge on any atom is 0.00442 e. The van der Waals surface area contributed by atoms with E-state index in [1.807, 2.05) is 0 Å². The van der Waals surface area contributed by atoms with Gasteiger partial charge in [0.1, 0.15) is 0 Å². The van der Waals surface area contributed by atoms with Gasteiger partial charge < -0.3 is 5.73 Å². The monoisotopic (exact) mass is 181 g/mol. The molecule has 0 aliphatic heterocycles. The fourth-order valence-corrected chi connectivity index (χ4v) is 4.06. The van der Waals surface area contributed by atoms with Crippen LogP contribution in [0.15, 0.2) is 0 Å². The van der Waals surface area contributed by atoms with Crippen LogP contribution in [-0.2, 0) is 0 Å². The van der Waals surface area contributed by atoms with Crippen LogP contribution >= 0.6 is 0 Å². The van der Waals surface area contributed by atoms with Crippen molar-refractivity contribution in [1.29, 1.82) is 0 Å². The number of rotatable bonds is 1. The molecule has 2 aliphatic carbocycles. The molecule has 2 rings (SSSR count). The Morgan fingerprint density at radius 2 is 1.92 bits per heavy atom. The SMILES string of the molecule is C[C@H](N)[C@@H]1C[C@H]2CC[C@@]1(C)C2(C)C. The second-order valence-electron chi connectivity index (χ2n) is 6.08. The smallest absolute Gasteiger partial charge is 0.00442 e. The second kappa shape index (κ2) is 2.50. The average Bonchev–Trinajstić information content (AvgIpc) is 2.34. The first-order valence-electron chi connectivity index (χ1n) is 5.65. The summed E-state index contributed by atoms with van der Waals surface area (Å²) in [5.74, 6) is 1.70. The summed E-state index contributed by atoms with van der Waals surface area (Å²) < 4.78 is 0. The van der Waals surface area contributed by atoms with Crippen molar-refractivity contribution in [2.75, 3.05) is 0 Å². The molecule has 2 saturated carbocycles. The summed E-state index contributed by atoms with van der Waals surface area (Å²) in [4.78, 5) is 0. The molecule has 4 atom stereocenters. The van der Waals surface area contributed by atoms with Gasteiger partial charge in [0.25, 0.3) is 0 Å². The molecular formula is C12H23N. The van der Waals surface area contributed by atoms with Gasteiger partial charge in [-0.15, -0.1) is 0 Å². The highest BCUT2D eigenvalue weighted by Crippen LogP contribution is 2.68. The van der Waals surface area contributed by atoms with Crippen molar-refractivity contribution < 1.29 is 0 Å². The van der Waals surface area contributed by atoms with Gasteiger partial charge >= 0.3 is 0 Å². The van der Waals surface area contributed by atoms with Gasteiger partial charge in [0, 0.05) is 6.04 Å². The van der Waals surface area contributed by atoms with Gasteiger partial charge in [0.05, 0.1) is 0 Å². The van der Waals surface area contributed by atoms with E-state index in [0.29, 0.717) is 16.9 Å². The molecule has 1 nitrogen and oxygen atoms in total. The second-order valence-corrected chi connectivity index (χ2v) is 6.08. The Balaban J connectivity index is 2.33. The minimum Gasteiger partial charge on any atom is -0.328 e. The third kappa shape index (κ3) is 0.971. The van der Waals surface area contributed by atoms with Crippen LogP contribution in [0.25, 0.3) is 0 Å². The highest BCUT2D eigenvalue weighted by atomic mass is 14.7. The molecule has 2 aliphatic rings. The first kappa shape index (κ1) is 9.51. The first-order chi connectivity index (χ1) is 5.89. The Labute approximate surface area is 82.1 Å². The van der Waals surface area contributed by atoms with Crippen LogP contribution < -0.4 is 5.73 Å². The van der Waals surface area contributed by atoms with Crippen LogP contribution in [0.5, 0.6) is 0 Å². The van der Waals surface area contributed by atoms with Crippen molar-refractivity contribution in [1.82, 2.24) is 0 Å². The summed E-state index contributed by atoms with van der Waals surface area (Å²) >= 11 is 0. The molecule has 0 aromatic heterocycles. The quantitative estimate of drug-likeness (QED) is 0.661. The Kier molecular flexibility index (Phi) is 1.83. The normalized spacial score (nSPS) is 49.6. The molecule has 1 heteroatoms. The Morgan fingerprint density at radius 3 is 2.15 bits per heavy atom. The molecular weight excluding hydrogens is 158 g/mol. The molecule has 2 N–H and O–H groups in total. The molecule has 2 fully saturated rings. The highest BCUT2D eigenvalue weighted by Gasteiger charge is 2.61. The Morgan fingerprint density at radius 1 is 1.31 bits per heavy atom. The van der Waals surface area contributed by atoms with E-state index in [-0.39, 0.29) is 0 Å². The van der Waals surface area contributed by atoms with Crippen LogP contribution in [0.4, 0.5) is 0 Å². The summed E-state index contributed by atoms with van der Waals surface area (Å²) in [7, 11) is 0. The summed E-state index contributed by atoms with van der Waals surface area (Å²) in [5, 5.41) is 0. The zero-order chi connectivity index (χ0) is 9.85. The van der Waals surface area contributed by atoms with Gasteiger partial charge in [0.15, 0.2) is 0 Å². The molecule has 0 aromatic rings. The van der Waals surface area contributed by atoms with Gasteiger partial charge in [-0.05, 0) is 48.9 Å². The average molecular weight is 181 g/mol. The minimum atomic E-state index is 0.384. The zero-order valence-corrected chi connectivity index (χ0v) is 9.43. The van der Waals surface area contributed by atoms with Gasteiger partial charge in [-0.1, -0.05) is 20.8 Å². The lowest BCUT2D eigenvalue weighted by Crippen LogP contribution is -2.40. The zero-order valence-electron chi connectivity index (χ0n) is 9.43. The minimum absolute atomic E-state index is 0.384. The van der Waals surface area contributed by atoms with Gasteiger partial charge in [0.2, 0.25) is 0 Å². The van der Waals surface area contributed by atoms with Crippen molar-refractivity contribution in [3.8, 4) is 0 Å². The van der Waals surface area contributed by atoms with E-state index in [9.17, 15) is 0 Å². The molecule has 0 heterocycles. The topological polar surface area (TPSA) is 26.0 Å². The van der Waals surface area contributed by atoms with Crippen molar-refractivity contribution in [3.63, 3.8) is 0 Å². The first-order valence-corrected chi connectivity index (χ1v) is 5.65. The highest BCUT2D eigenvalue weighted by molar-refractivity contribution is 5.11. The molecule has 76 valence electrons. The summed E-state index contributed by atoms with van der Waals surface area (Å²) in [6.07, 6.45) is 4.21. The molecule has 0 spiro atoms. The summed E-state index contributed by atoms with van der Waals surface area (Å²) in [6.45, 7) is 9.56. The summed E-state index contributed by atoms with van der Waals surface area (Å²) in [5.41, 5.74) is 7.14. The largest absolute Gasteiger partial charge is 0.328 e. The fourth-order valence-electron chi connectivity index (χ4n) is 4.06.